The first-order valence-corrected chi connectivity index (χ1v) is 6.74. The number of likely N-dealkylation sites (tertiary alicyclic amines) is 1. The van der Waals surface area contributed by atoms with Crippen molar-refractivity contribution < 1.29 is 4.74 Å². The Bertz CT molecular complexity index is 214. The molecule has 1 atom stereocenters. The second-order valence-electron chi connectivity index (χ2n) is 5.49. The molecule has 2 fully saturated rings. The zero-order valence-electron chi connectivity index (χ0n) is 10.8. The van der Waals surface area contributed by atoms with Crippen LogP contribution in [-0.2, 0) is 4.74 Å². The Balaban J connectivity index is 1.86. The van der Waals surface area contributed by atoms with Gasteiger partial charge in [-0.15, -0.1) is 0 Å². The molecule has 0 aromatic rings. The Morgan fingerprint density at radius 2 is 2.12 bits per heavy atom. The van der Waals surface area contributed by atoms with Gasteiger partial charge in [0.15, 0.2) is 0 Å². The Morgan fingerprint density at radius 1 is 1.38 bits per heavy atom. The third-order valence-electron chi connectivity index (χ3n) is 4.54. The molecule has 2 saturated heterocycles. The molecule has 0 spiro atoms. The summed E-state index contributed by atoms with van der Waals surface area (Å²) < 4.78 is 5.44. The molecule has 0 aromatic heterocycles. The third kappa shape index (κ3) is 2.76. The molecule has 2 heterocycles. The molecule has 0 saturated carbocycles. The lowest BCUT2D eigenvalue weighted by Crippen LogP contribution is -2.44. The van der Waals surface area contributed by atoms with E-state index in [0.717, 1.165) is 6.54 Å². The third-order valence-corrected chi connectivity index (χ3v) is 4.54. The summed E-state index contributed by atoms with van der Waals surface area (Å²) in [6.07, 6.45) is 5.71. The highest BCUT2D eigenvalue weighted by Crippen LogP contribution is 2.34. The molecular formula is C13H26N2O. The maximum atomic E-state index is 5.44. The van der Waals surface area contributed by atoms with Crippen LogP contribution in [-0.4, -0.2) is 50.8 Å². The summed E-state index contributed by atoms with van der Waals surface area (Å²) in [5, 5.41) is 3.48. The van der Waals surface area contributed by atoms with E-state index in [4.69, 9.17) is 4.74 Å². The lowest BCUT2D eigenvalue weighted by molar-refractivity contribution is 0.0853. The number of nitrogens with zero attached hydrogens (tertiary/aromatic N) is 1. The highest BCUT2D eigenvalue weighted by atomic mass is 16.5. The maximum Gasteiger partial charge on any atom is 0.0710 e. The number of ether oxygens (including phenoxy) is 1. The minimum Gasteiger partial charge on any atom is -0.380 e. The number of hydrogen-bond acceptors (Lipinski definition) is 3. The van der Waals surface area contributed by atoms with Crippen LogP contribution < -0.4 is 5.32 Å². The zero-order valence-corrected chi connectivity index (χ0v) is 10.8. The van der Waals surface area contributed by atoms with Gasteiger partial charge < -0.3 is 15.0 Å². The Kier molecular flexibility index (Phi) is 4.22. The molecule has 2 aliphatic heterocycles. The largest absolute Gasteiger partial charge is 0.380 e. The Morgan fingerprint density at radius 3 is 2.69 bits per heavy atom. The highest BCUT2D eigenvalue weighted by Gasteiger charge is 2.34. The van der Waals surface area contributed by atoms with Crippen LogP contribution in [0.1, 0.15) is 32.6 Å². The summed E-state index contributed by atoms with van der Waals surface area (Å²) in [5.41, 5.74) is 0.577. The van der Waals surface area contributed by atoms with Crippen molar-refractivity contribution in [3.63, 3.8) is 0 Å². The van der Waals surface area contributed by atoms with Crippen LogP contribution in [0, 0.1) is 5.41 Å². The fourth-order valence-corrected chi connectivity index (χ4v) is 3.19. The Labute approximate surface area is 99.5 Å². The molecule has 1 unspecified atom stereocenters. The SMILES string of the molecule is CCC1(CN2CCC(OC)C2)CCNCC1. The van der Waals surface area contributed by atoms with Gasteiger partial charge in [0, 0.05) is 26.7 Å². The number of rotatable bonds is 4. The summed E-state index contributed by atoms with van der Waals surface area (Å²) in [6.45, 7) is 8.42. The average molecular weight is 226 g/mol. The molecular weight excluding hydrogens is 200 g/mol. The zero-order chi connectivity index (χ0) is 11.4. The van der Waals surface area contributed by atoms with Gasteiger partial charge in [-0.05, 0) is 44.2 Å². The number of piperidine rings is 1. The number of nitrogens with one attached hydrogen (secondary N) is 1. The number of methoxy groups -OCH3 is 1. The average Bonchev–Trinajstić information content (AvgIpc) is 2.78. The first-order chi connectivity index (χ1) is 7.78. The van der Waals surface area contributed by atoms with Gasteiger partial charge in [-0.25, -0.2) is 0 Å². The smallest absolute Gasteiger partial charge is 0.0710 e. The molecule has 0 aromatic carbocycles. The van der Waals surface area contributed by atoms with Crippen molar-refractivity contribution in [1.29, 1.82) is 0 Å². The second kappa shape index (κ2) is 5.48. The van der Waals surface area contributed by atoms with Crippen LogP contribution in [0.15, 0.2) is 0 Å². The summed E-state index contributed by atoms with van der Waals surface area (Å²) in [6, 6.07) is 0. The van der Waals surface area contributed by atoms with Crippen LogP contribution >= 0.6 is 0 Å². The molecule has 16 heavy (non-hydrogen) atoms. The van der Waals surface area contributed by atoms with Crippen molar-refractivity contribution in [2.75, 3.05) is 39.8 Å². The lowest BCUT2D eigenvalue weighted by Gasteiger charge is -2.40. The standard InChI is InChI=1S/C13H26N2O/c1-3-13(5-7-14-8-6-13)11-15-9-4-12(10-15)16-2/h12,14H,3-11H2,1-2H3. The van der Waals surface area contributed by atoms with Gasteiger partial charge in [-0.3, -0.25) is 0 Å². The van der Waals surface area contributed by atoms with Gasteiger partial charge in [0.25, 0.3) is 0 Å². The summed E-state index contributed by atoms with van der Waals surface area (Å²) in [4.78, 5) is 2.61. The van der Waals surface area contributed by atoms with E-state index < -0.39 is 0 Å². The van der Waals surface area contributed by atoms with Crippen molar-refractivity contribution in [1.82, 2.24) is 10.2 Å². The van der Waals surface area contributed by atoms with E-state index in [-0.39, 0.29) is 0 Å². The van der Waals surface area contributed by atoms with Crippen molar-refractivity contribution >= 4 is 0 Å². The number of hydrogen-bond donors (Lipinski definition) is 1. The quantitative estimate of drug-likeness (QED) is 0.786. The van der Waals surface area contributed by atoms with E-state index in [0.29, 0.717) is 11.5 Å². The molecule has 3 nitrogen and oxygen atoms in total. The summed E-state index contributed by atoms with van der Waals surface area (Å²) >= 11 is 0. The van der Waals surface area contributed by atoms with Crippen LogP contribution in [0.5, 0.6) is 0 Å². The molecule has 2 rings (SSSR count). The molecule has 3 heteroatoms. The van der Waals surface area contributed by atoms with E-state index in [1.165, 1.54) is 51.9 Å². The topological polar surface area (TPSA) is 24.5 Å². The van der Waals surface area contributed by atoms with Gasteiger partial charge in [0.1, 0.15) is 0 Å². The van der Waals surface area contributed by atoms with Crippen molar-refractivity contribution in [3.05, 3.63) is 0 Å². The van der Waals surface area contributed by atoms with Crippen LogP contribution in [0.4, 0.5) is 0 Å². The minimum atomic E-state index is 0.482. The molecule has 0 radical (unpaired) electrons. The molecule has 2 aliphatic rings. The highest BCUT2D eigenvalue weighted by molar-refractivity contribution is 4.89. The first kappa shape index (κ1) is 12.3. The second-order valence-corrected chi connectivity index (χ2v) is 5.49. The van der Waals surface area contributed by atoms with Crippen LogP contribution in [0.2, 0.25) is 0 Å². The van der Waals surface area contributed by atoms with Gasteiger partial charge >= 0.3 is 0 Å². The van der Waals surface area contributed by atoms with Crippen LogP contribution in [0.25, 0.3) is 0 Å². The van der Waals surface area contributed by atoms with Gasteiger partial charge in [0.2, 0.25) is 0 Å². The van der Waals surface area contributed by atoms with Gasteiger partial charge in [-0.2, -0.15) is 0 Å². The molecule has 0 bridgehead atoms. The molecule has 94 valence electrons. The minimum absolute atomic E-state index is 0.482. The van der Waals surface area contributed by atoms with Crippen molar-refractivity contribution in [2.45, 2.75) is 38.7 Å². The van der Waals surface area contributed by atoms with E-state index in [9.17, 15) is 0 Å². The molecule has 0 amide bonds. The van der Waals surface area contributed by atoms with E-state index >= 15 is 0 Å². The van der Waals surface area contributed by atoms with Crippen LogP contribution in [0.3, 0.4) is 0 Å². The fourth-order valence-electron chi connectivity index (χ4n) is 3.19. The normalized spacial score (nSPS) is 30.8. The van der Waals surface area contributed by atoms with E-state index in [1.807, 2.05) is 7.11 Å². The van der Waals surface area contributed by atoms with Crippen molar-refractivity contribution in [3.8, 4) is 0 Å². The molecule has 0 aliphatic carbocycles. The van der Waals surface area contributed by atoms with Gasteiger partial charge in [0.05, 0.1) is 6.10 Å². The van der Waals surface area contributed by atoms with Crippen molar-refractivity contribution in [2.24, 2.45) is 5.41 Å². The van der Waals surface area contributed by atoms with E-state index in [1.54, 1.807) is 0 Å². The summed E-state index contributed by atoms with van der Waals surface area (Å²) in [7, 11) is 1.84. The maximum absolute atomic E-state index is 5.44. The predicted octanol–water partition coefficient (Wildman–Crippen LogP) is 1.49. The van der Waals surface area contributed by atoms with E-state index in [2.05, 4.69) is 17.1 Å². The first-order valence-electron chi connectivity index (χ1n) is 6.74. The fraction of sp³-hybridized carbons (Fsp3) is 1.00. The van der Waals surface area contributed by atoms with Gasteiger partial charge in [-0.1, -0.05) is 6.92 Å². The summed E-state index contributed by atoms with van der Waals surface area (Å²) in [5.74, 6) is 0. The lowest BCUT2D eigenvalue weighted by atomic mass is 9.76. The predicted molar refractivity (Wildman–Crippen MR) is 66.7 cm³/mol. The molecule has 1 N–H and O–H groups in total. The Hall–Kier alpha value is -0.120. The monoisotopic (exact) mass is 226 g/mol.